The molecule has 3 aromatic heterocycles. The van der Waals surface area contributed by atoms with Crippen molar-refractivity contribution in [3.63, 3.8) is 0 Å². The summed E-state index contributed by atoms with van der Waals surface area (Å²) in [5, 5.41) is 18.8. The number of benzene rings is 1. The van der Waals surface area contributed by atoms with E-state index in [2.05, 4.69) is 15.1 Å². The average Bonchev–Trinajstić information content (AvgIpc) is 3.28. The van der Waals surface area contributed by atoms with Crippen molar-refractivity contribution in [3.8, 4) is 5.69 Å². The first-order valence-electron chi connectivity index (χ1n) is 7.31. The molecule has 0 unspecified atom stereocenters. The van der Waals surface area contributed by atoms with Crippen molar-refractivity contribution < 1.29 is 4.92 Å². The van der Waals surface area contributed by atoms with E-state index in [0.717, 1.165) is 38.6 Å². The van der Waals surface area contributed by atoms with Crippen LogP contribution in [0.5, 0.6) is 0 Å². The molecular formula is C16H11N5O2S2. The topological polar surface area (TPSA) is 86.7 Å². The van der Waals surface area contributed by atoms with E-state index in [0.29, 0.717) is 5.75 Å². The summed E-state index contributed by atoms with van der Waals surface area (Å²) in [5.41, 5.74) is 2.57. The van der Waals surface area contributed by atoms with Crippen molar-refractivity contribution in [1.82, 2.24) is 19.7 Å². The normalized spacial score (nSPS) is 11.0. The van der Waals surface area contributed by atoms with E-state index in [-0.39, 0.29) is 9.92 Å². The Bertz CT molecular complexity index is 1050. The maximum Gasteiger partial charge on any atom is 0.324 e. The fourth-order valence-corrected chi connectivity index (χ4v) is 4.11. The number of hydrogen-bond donors (Lipinski definition) is 0. The number of rotatable bonds is 5. The fourth-order valence-electron chi connectivity index (χ4n) is 2.38. The monoisotopic (exact) mass is 369 g/mol. The van der Waals surface area contributed by atoms with Crippen LogP contribution in [0.25, 0.3) is 16.7 Å². The van der Waals surface area contributed by atoms with Crippen LogP contribution >= 0.6 is 23.1 Å². The molecule has 0 amide bonds. The molecule has 4 rings (SSSR count). The third-order valence-corrected chi connectivity index (χ3v) is 5.53. The minimum atomic E-state index is -0.369. The fraction of sp³-hybridized carbons (Fsp3) is 0.0625. The number of nitrogens with zero attached hydrogens (tertiary/aromatic N) is 5. The van der Waals surface area contributed by atoms with Crippen LogP contribution < -0.4 is 0 Å². The standard InChI is InChI=1S/C16H11N5O2S2/c22-21(23)14-6-11(8-24-14)9-25-16-13-7-19-20(15(13)17-10-18-16)12-4-2-1-3-5-12/h1-8,10H,9H2. The van der Waals surface area contributed by atoms with Gasteiger partial charge in [-0.2, -0.15) is 5.10 Å². The quantitative estimate of drug-likeness (QED) is 0.228. The van der Waals surface area contributed by atoms with Gasteiger partial charge in [0.25, 0.3) is 0 Å². The van der Waals surface area contributed by atoms with Gasteiger partial charge in [-0.05, 0) is 17.7 Å². The highest BCUT2D eigenvalue weighted by molar-refractivity contribution is 7.98. The minimum Gasteiger partial charge on any atom is -0.258 e. The van der Waals surface area contributed by atoms with Crippen LogP contribution in [0.4, 0.5) is 5.00 Å². The smallest absolute Gasteiger partial charge is 0.258 e. The highest BCUT2D eigenvalue weighted by Gasteiger charge is 2.13. The Balaban J connectivity index is 1.62. The van der Waals surface area contributed by atoms with E-state index in [9.17, 15) is 10.1 Å². The average molecular weight is 369 g/mol. The van der Waals surface area contributed by atoms with E-state index in [4.69, 9.17) is 0 Å². The van der Waals surface area contributed by atoms with Gasteiger partial charge in [0.1, 0.15) is 11.4 Å². The maximum atomic E-state index is 10.8. The molecule has 3 heterocycles. The summed E-state index contributed by atoms with van der Waals surface area (Å²) >= 11 is 2.65. The van der Waals surface area contributed by atoms with Crippen molar-refractivity contribution in [1.29, 1.82) is 0 Å². The Morgan fingerprint density at radius 3 is 2.84 bits per heavy atom. The van der Waals surface area contributed by atoms with Crippen LogP contribution in [-0.4, -0.2) is 24.7 Å². The molecule has 0 N–H and O–H groups in total. The first-order chi connectivity index (χ1) is 12.2. The molecule has 0 fully saturated rings. The molecule has 0 spiro atoms. The number of thiophene rings is 1. The Kier molecular flexibility index (Phi) is 4.16. The largest absolute Gasteiger partial charge is 0.324 e. The van der Waals surface area contributed by atoms with Crippen molar-refractivity contribution >= 4 is 39.1 Å². The van der Waals surface area contributed by atoms with Gasteiger partial charge >= 0.3 is 5.00 Å². The Morgan fingerprint density at radius 1 is 1.24 bits per heavy atom. The van der Waals surface area contributed by atoms with Gasteiger partial charge in [0.15, 0.2) is 5.65 Å². The molecule has 7 nitrogen and oxygen atoms in total. The van der Waals surface area contributed by atoms with Gasteiger partial charge in [0, 0.05) is 17.2 Å². The van der Waals surface area contributed by atoms with Crippen LogP contribution in [0.2, 0.25) is 0 Å². The molecular weight excluding hydrogens is 358 g/mol. The molecule has 0 saturated carbocycles. The second kappa shape index (κ2) is 6.61. The van der Waals surface area contributed by atoms with Crippen LogP contribution in [0.1, 0.15) is 5.56 Å². The van der Waals surface area contributed by atoms with Gasteiger partial charge in [0.2, 0.25) is 0 Å². The summed E-state index contributed by atoms with van der Waals surface area (Å²) in [6.07, 6.45) is 3.27. The summed E-state index contributed by atoms with van der Waals surface area (Å²) < 4.78 is 1.77. The zero-order valence-electron chi connectivity index (χ0n) is 12.8. The van der Waals surface area contributed by atoms with E-state index in [1.165, 1.54) is 18.1 Å². The van der Waals surface area contributed by atoms with Gasteiger partial charge in [-0.3, -0.25) is 10.1 Å². The molecule has 0 saturated heterocycles. The molecule has 0 aliphatic rings. The molecule has 0 aliphatic heterocycles. The van der Waals surface area contributed by atoms with Crippen molar-refractivity contribution in [2.24, 2.45) is 0 Å². The molecule has 0 atom stereocenters. The van der Waals surface area contributed by atoms with Crippen LogP contribution in [0, 0.1) is 10.1 Å². The lowest BCUT2D eigenvalue weighted by Gasteiger charge is -2.03. The highest BCUT2D eigenvalue weighted by atomic mass is 32.2. The Labute approximate surface area is 150 Å². The zero-order chi connectivity index (χ0) is 17.2. The summed E-state index contributed by atoms with van der Waals surface area (Å²) in [6, 6.07) is 11.4. The second-order valence-electron chi connectivity index (χ2n) is 5.15. The molecule has 124 valence electrons. The zero-order valence-corrected chi connectivity index (χ0v) is 14.4. The van der Waals surface area contributed by atoms with Gasteiger partial charge in [-0.25, -0.2) is 14.6 Å². The second-order valence-corrected chi connectivity index (χ2v) is 7.00. The summed E-state index contributed by atoms with van der Waals surface area (Å²) in [4.78, 5) is 19.1. The van der Waals surface area contributed by atoms with Gasteiger partial charge in [-0.15, -0.1) is 11.8 Å². The van der Waals surface area contributed by atoms with E-state index in [1.807, 2.05) is 30.3 Å². The Hall–Kier alpha value is -2.78. The lowest BCUT2D eigenvalue weighted by Crippen LogP contribution is -1.97. The SMILES string of the molecule is O=[N+]([O-])c1cc(CSc2ncnc3c2cnn3-c2ccccc2)cs1. The minimum absolute atomic E-state index is 0.153. The number of nitro groups is 1. The maximum absolute atomic E-state index is 10.8. The predicted molar refractivity (Wildman–Crippen MR) is 97.2 cm³/mol. The number of thioether (sulfide) groups is 1. The van der Waals surface area contributed by atoms with Crippen molar-refractivity contribution in [3.05, 3.63) is 70.0 Å². The molecule has 25 heavy (non-hydrogen) atoms. The van der Waals surface area contributed by atoms with E-state index < -0.39 is 0 Å². The van der Waals surface area contributed by atoms with Gasteiger partial charge in [-0.1, -0.05) is 29.5 Å². The third kappa shape index (κ3) is 3.11. The van der Waals surface area contributed by atoms with Crippen LogP contribution in [0.3, 0.4) is 0 Å². The van der Waals surface area contributed by atoms with Crippen molar-refractivity contribution in [2.75, 3.05) is 0 Å². The molecule has 0 bridgehead atoms. The lowest BCUT2D eigenvalue weighted by atomic mass is 10.3. The molecule has 1 aromatic carbocycles. The lowest BCUT2D eigenvalue weighted by molar-refractivity contribution is -0.380. The third-order valence-electron chi connectivity index (χ3n) is 3.53. The molecule has 4 aromatic rings. The highest BCUT2D eigenvalue weighted by Crippen LogP contribution is 2.31. The predicted octanol–water partition coefficient (Wildman–Crippen LogP) is 4.08. The Morgan fingerprint density at radius 2 is 2.08 bits per heavy atom. The summed E-state index contributed by atoms with van der Waals surface area (Å²) in [7, 11) is 0. The van der Waals surface area contributed by atoms with Gasteiger partial charge in [0.05, 0.1) is 22.2 Å². The molecule has 0 radical (unpaired) electrons. The molecule has 0 aliphatic carbocycles. The van der Waals surface area contributed by atoms with Crippen LogP contribution in [-0.2, 0) is 5.75 Å². The first-order valence-corrected chi connectivity index (χ1v) is 9.17. The molecule has 9 heteroatoms. The number of para-hydroxylation sites is 1. The van der Waals surface area contributed by atoms with Gasteiger partial charge < -0.3 is 0 Å². The number of hydrogen-bond acceptors (Lipinski definition) is 7. The van der Waals surface area contributed by atoms with Crippen molar-refractivity contribution in [2.45, 2.75) is 10.8 Å². The van der Waals surface area contributed by atoms with E-state index in [1.54, 1.807) is 22.3 Å². The number of fused-ring (bicyclic) bond motifs is 1. The summed E-state index contributed by atoms with van der Waals surface area (Å²) in [5.74, 6) is 0.604. The van der Waals surface area contributed by atoms with Crippen LogP contribution in [0.15, 0.2) is 59.3 Å². The first kappa shape index (κ1) is 15.7. The van der Waals surface area contributed by atoms with E-state index >= 15 is 0 Å². The summed E-state index contributed by atoms with van der Waals surface area (Å²) in [6.45, 7) is 0. The number of aromatic nitrogens is 4.